The van der Waals surface area contributed by atoms with Gasteiger partial charge in [-0.15, -0.1) is 11.3 Å². The number of carbonyl (C=O) groups is 1. The van der Waals surface area contributed by atoms with Crippen LogP contribution in [-0.4, -0.2) is 54.7 Å². The molecule has 0 bridgehead atoms. The van der Waals surface area contributed by atoms with E-state index in [-0.39, 0.29) is 24.6 Å². The summed E-state index contributed by atoms with van der Waals surface area (Å²) in [6.07, 6.45) is 1.37. The summed E-state index contributed by atoms with van der Waals surface area (Å²) in [5.41, 5.74) is 0.118. The van der Waals surface area contributed by atoms with Crippen LogP contribution in [0, 0.1) is 0 Å². The third kappa shape index (κ3) is 3.21. The smallest absolute Gasteiger partial charge is 0.255 e. The monoisotopic (exact) mass is 353 g/mol. The van der Waals surface area contributed by atoms with Gasteiger partial charge in [0.1, 0.15) is 4.21 Å². The van der Waals surface area contributed by atoms with Gasteiger partial charge < -0.3 is 9.88 Å². The van der Waals surface area contributed by atoms with Crippen molar-refractivity contribution in [2.75, 3.05) is 26.2 Å². The van der Waals surface area contributed by atoms with Gasteiger partial charge in [0.15, 0.2) is 0 Å². The van der Waals surface area contributed by atoms with Gasteiger partial charge in [-0.1, -0.05) is 6.07 Å². The summed E-state index contributed by atoms with van der Waals surface area (Å²) < 4.78 is 26.6. The number of hydrogen-bond donors (Lipinski definition) is 1. The van der Waals surface area contributed by atoms with E-state index in [0.29, 0.717) is 22.9 Å². The number of carbonyl (C=O) groups excluding carboxylic acids is 1. The second kappa shape index (κ2) is 6.26. The zero-order valence-electron chi connectivity index (χ0n) is 12.1. The Morgan fingerprint density at radius 1 is 1.13 bits per heavy atom. The summed E-state index contributed by atoms with van der Waals surface area (Å²) in [7, 11) is -3.47. The summed E-state index contributed by atoms with van der Waals surface area (Å²) in [6, 6.07) is 6.05. The molecule has 7 nitrogen and oxygen atoms in total. The fourth-order valence-corrected chi connectivity index (χ4v) is 4.96. The molecule has 122 valence electrons. The van der Waals surface area contributed by atoms with E-state index in [2.05, 4.69) is 4.98 Å². The van der Waals surface area contributed by atoms with Crippen LogP contribution in [0.5, 0.6) is 0 Å². The summed E-state index contributed by atoms with van der Waals surface area (Å²) in [5, 5.41) is 1.73. The summed E-state index contributed by atoms with van der Waals surface area (Å²) in [6.45, 7) is 1.16. The fraction of sp³-hybridized carbons (Fsp3) is 0.286. The maximum Gasteiger partial charge on any atom is 0.255 e. The Balaban J connectivity index is 1.68. The number of nitrogens with one attached hydrogen (secondary N) is 1. The van der Waals surface area contributed by atoms with Crippen LogP contribution in [0.3, 0.4) is 0 Å². The minimum absolute atomic E-state index is 0.213. The molecule has 0 spiro atoms. The number of hydrogen-bond acceptors (Lipinski definition) is 5. The van der Waals surface area contributed by atoms with Gasteiger partial charge in [-0.05, 0) is 17.5 Å². The van der Waals surface area contributed by atoms with Crippen molar-refractivity contribution in [2.24, 2.45) is 0 Å². The topological polar surface area (TPSA) is 90.6 Å². The van der Waals surface area contributed by atoms with Gasteiger partial charge in [-0.25, -0.2) is 8.42 Å². The highest BCUT2D eigenvalue weighted by Gasteiger charge is 2.30. The largest absolute Gasteiger partial charge is 0.336 e. The highest BCUT2D eigenvalue weighted by Crippen LogP contribution is 2.22. The van der Waals surface area contributed by atoms with E-state index in [1.54, 1.807) is 22.4 Å². The predicted octanol–water partition coefficient (Wildman–Crippen LogP) is 0.583. The number of nitrogens with zero attached hydrogens (tertiary/aromatic N) is 2. The van der Waals surface area contributed by atoms with Crippen LogP contribution in [-0.2, 0) is 10.0 Å². The molecule has 3 heterocycles. The van der Waals surface area contributed by atoms with E-state index in [9.17, 15) is 18.0 Å². The summed E-state index contributed by atoms with van der Waals surface area (Å²) >= 11 is 1.18. The number of aromatic nitrogens is 1. The van der Waals surface area contributed by atoms with Crippen molar-refractivity contribution in [3.63, 3.8) is 0 Å². The molecule has 1 fully saturated rings. The highest BCUT2D eigenvalue weighted by atomic mass is 32.2. The van der Waals surface area contributed by atoms with Crippen LogP contribution in [0.15, 0.2) is 44.8 Å². The van der Waals surface area contributed by atoms with E-state index in [4.69, 9.17) is 0 Å². The number of pyridine rings is 1. The van der Waals surface area contributed by atoms with Crippen molar-refractivity contribution in [3.8, 4) is 0 Å². The van der Waals surface area contributed by atoms with Gasteiger partial charge in [0, 0.05) is 38.4 Å². The molecule has 23 heavy (non-hydrogen) atoms. The maximum absolute atomic E-state index is 12.4. The normalized spacial score (nSPS) is 16.4. The molecule has 0 aromatic carbocycles. The SMILES string of the molecule is O=C(c1ccc(=O)[nH]c1)N1CCN(S(=O)(=O)c2cccs2)CC1. The van der Waals surface area contributed by atoms with Gasteiger partial charge in [-0.2, -0.15) is 4.31 Å². The first-order valence-corrected chi connectivity index (χ1v) is 9.32. The first kappa shape index (κ1) is 15.9. The number of thiophene rings is 1. The molecule has 1 aliphatic heterocycles. The Morgan fingerprint density at radius 2 is 1.87 bits per heavy atom. The minimum atomic E-state index is -3.47. The molecule has 1 amide bonds. The van der Waals surface area contributed by atoms with Crippen molar-refractivity contribution in [2.45, 2.75) is 4.21 Å². The second-order valence-corrected chi connectivity index (χ2v) is 8.18. The van der Waals surface area contributed by atoms with Crippen molar-refractivity contribution >= 4 is 27.3 Å². The zero-order chi connectivity index (χ0) is 16.4. The number of piperazine rings is 1. The molecular formula is C14H15N3O4S2. The fourth-order valence-electron chi connectivity index (χ4n) is 2.40. The first-order chi connectivity index (χ1) is 11.0. The predicted molar refractivity (Wildman–Crippen MR) is 86.0 cm³/mol. The number of H-pyrrole nitrogens is 1. The third-order valence-electron chi connectivity index (χ3n) is 3.65. The molecule has 2 aromatic rings. The molecule has 0 unspecified atom stereocenters. The molecule has 3 rings (SSSR count). The second-order valence-electron chi connectivity index (χ2n) is 5.07. The lowest BCUT2D eigenvalue weighted by Gasteiger charge is -2.33. The molecule has 1 aliphatic rings. The van der Waals surface area contributed by atoms with Gasteiger partial charge >= 0.3 is 0 Å². The van der Waals surface area contributed by atoms with Crippen LogP contribution >= 0.6 is 11.3 Å². The molecule has 0 radical (unpaired) electrons. The van der Waals surface area contributed by atoms with E-state index in [0.717, 1.165) is 0 Å². The number of rotatable bonds is 3. The number of amides is 1. The summed E-state index contributed by atoms with van der Waals surface area (Å²) in [4.78, 5) is 27.4. The van der Waals surface area contributed by atoms with Crippen LogP contribution in [0.2, 0.25) is 0 Å². The number of sulfonamides is 1. The van der Waals surface area contributed by atoms with Gasteiger partial charge in [-0.3, -0.25) is 9.59 Å². The van der Waals surface area contributed by atoms with E-state index in [1.165, 1.54) is 34.0 Å². The average Bonchev–Trinajstić information content (AvgIpc) is 3.10. The van der Waals surface area contributed by atoms with Gasteiger partial charge in [0.2, 0.25) is 5.56 Å². The third-order valence-corrected chi connectivity index (χ3v) is 6.92. The van der Waals surface area contributed by atoms with Crippen molar-refractivity contribution in [1.82, 2.24) is 14.2 Å². The zero-order valence-corrected chi connectivity index (χ0v) is 13.8. The summed E-state index contributed by atoms with van der Waals surface area (Å²) in [5.74, 6) is -0.213. The van der Waals surface area contributed by atoms with Crippen LogP contribution in [0.4, 0.5) is 0 Å². The van der Waals surface area contributed by atoms with Crippen molar-refractivity contribution in [3.05, 3.63) is 51.8 Å². The Hall–Kier alpha value is -1.97. The molecule has 1 N–H and O–H groups in total. The molecule has 0 aliphatic carbocycles. The quantitative estimate of drug-likeness (QED) is 0.874. The first-order valence-electron chi connectivity index (χ1n) is 7.00. The lowest BCUT2D eigenvalue weighted by molar-refractivity contribution is 0.0697. The molecule has 0 atom stereocenters. The molecule has 0 saturated carbocycles. The average molecular weight is 353 g/mol. The minimum Gasteiger partial charge on any atom is -0.336 e. The maximum atomic E-state index is 12.4. The van der Waals surface area contributed by atoms with E-state index >= 15 is 0 Å². The van der Waals surface area contributed by atoms with Gasteiger partial charge in [0.25, 0.3) is 15.9 Å². The Morgan fingerprint density at radius 3 is 2.43 bits per heavy atom. The highest BCUT2D eigenvalue weighted by molar-refractivity contribution is 7.91. The standard InChI is InChI=1S/C14H15N3O4S2/c18-12-4-3-11(10-15-12)14(19)16-5-7-17(8-6-16)23(20,21)13-2-1-9-22-13/h1-4,9-10H,5-8H2,(H,15,18). The van der Waals surface area contributed by atoms with Gasteiger partial charge in [0.05, 0.1) is 5.56 Å². The molecule has 9 heteroatoms. The lowest BCUT2D eigenvalue weighted by Crippen LogP contribution is -2.50. The number of aromatic amines is 1. The van der Waals surface area contributed by atoms with E-state index < -0.39 is 10.0 Å². The van der Waals surface area contributed by atoms with Crippen LogP contribution < -0.4 is 5.56 Å². The van der Waals surface area contributed by atoms with Crippen molar-refractivity contribution < 1.29 is 13.2 Å². The van der Waals surface area contributed by atoms with E-state index in [1.807, 2.05) is 0 Å². The Labute approximate surface area is 137 Å². The van der Waals surface area contributed by atoms with Crippen LogP contribution in [0.25, 0.3) is 0 Å². The van der Waals surface area contributed by atoms with Crippen LogP contribution in [0.1, 0.15) is 10.4 Å². The molecule has 1 saturated heterocycles. The van der Waals surface area contributed by atoms with Crippen molar-refractivity contribution in [1.29, 1.82) is 0 Å². The lowest BCUT2D eigenvalue weighted by atomic mass is 10.2. The Kier molecular flexibility index (Phi) is 4.33. The Bertz CT molecular complexity index is 830. The molecule has 2 aromatic heterocycles. The molecular weight excluding hydrogens is 338 g/mol.